The van der Waals surface area contributed by atoms with E-state index in [-0.39, 0.29) is 0 Å². The van der Waals surface area contributed by atoms with Crippen molar-refractivity contribution in [1.29, 1.82) is 0 Å². The average molecular weight is 320 g/mol. The van der Waals surface area contributed by atoms with E-state index in [9.17, 15) is 8.42 Å². The molecule has 0 bridgehead atoms. The van der Waals surface area contributed by atoms with Crippen molar-refractivity contribution in [3.8, 4) is 11.5 Å². The predicted molar refractivity (Wildman–Crippen MR) is 78.5 cm³/mol. The van der Waals surface area contributed by atoms with Gasteiger partial charge in [0.2, 0.25) is 0 Å². The van der Waals surface area contributed by atoms with Crippen LogP contribution >= 0.6 is 11.6 Å². The number of ether oxygens (including phenoxy) is 2. The number of halogens is 1. The summed E-state index contributed by atoms with van der Waals surface area (Å²) in [5, 5.41) is 2.87. The van der Waals surface area contributed by atoms with E-state index in [0.717, 1.165) is 0 Å². The van der Waals surface area contributed by atoms with Gasteiger partial charge in [-0.05, 0) is 25.6 Å². The summed E-state index contributed by atoms with van der Waals surface area (Å²) in [7, 11) is -1.49. The van der Waals surface area contributed by atoms with Crippen molar-refractivity contribution >= 4 is 21.4 Å². The highest BCUT2D eigenvalue weighted by Gasteiger charge is 2.29. The molecule has 1 aromatic rings. The molecular weight excluding hydrogens is 302 g/mol. The zero-order chi connectivity index (χ0) is 14.9. The van der Waals surface area contributed by atoms with Gasteiger partial charge in [-0.25, -0.2) is 8.42 Å². The second-order valence-electron chi connectivity index (χ2n) is 4.82. The van der Waals surface area contributed by atoms with E-state index in [2.05, 4.69) is 5.32 Å². The summed E-state index contributed by atoms with van der Waals surface area (Å²) in [5.74, 6) is 1.18. The molecule has 0 aliphatic carbocycles. The minimum absolute atomic E-state index is 0.409. The number of fused-ring (bicyclic) bond motifs is 1. The van der Waals surface area contributed by atoms with E-state index in [1.54, 1.807) is 26.1 Å². The molecule has 0 saturated heterocycles. The molecule has 2 unspecified atom stereocenters. The Morgan fingerprint density at radius 1 is 1.25 bits per heavy atom. The molecule has 1 heterocycles. The highest BCUT2D eigenvalue weighted by molar-refractivity contribution is 7.91. The maximum absolute atomic E-state index is 11.8. The Labute approximate surface area is 124 Å². The van der Waals surface area contributed by atoms with Gasteiger partial charge >= 0.3 is 0 Å². The van der Waals surface area contributed by atoms with Crippen LogP contribution in [0.3, 0.4) is 0 Å². The molecule has 112 valence electrons. The highest BCUT2D eigenvalue weighted by atomic mass is 35.5. The van der Waals surface area contributed by atoms with Crippen molar-refractivity contribution in [1.82, 2.24) is 5.32 Å². The summed E-state index contributed by atoms with van der Waals surface area (Å²) in [6, 6.07) is 3.01. The molecule has 0 fully saturated rings. The first-order chi connectivity index (χ1) is 9.34. The second-order valence-corrected chi connectivity index (χ2v) is 7.63. The fourth-order valence-electron chi connectivity index (χ4n) is 2.21. The van der Waals surface area contributed by atoms with Crippen molar-refractivity contribution in [3.05, 3.63) is 22.7 Å². The van der Waals surface area contributed by atoms with Crippen LogP contribution in [0.5, 0.6) is 11.5 Å². The van der Waals surface area contributed by atoms with Gasteiger partial charge in [-0.3, -0.25) is 0 Å². The molecule has 0 saturated carbocycles. The molecule has 1 aliphatic rings. The normalized spacial score (nSPS) is 17.6. The molecular formula is C13H18ClNO4S. The van der Waals surface area contributed by atoms with Crippen LogP contribution in [0.4, 0.5) is 0 Å². The fourth-order valence-corrected chi connectivity index (χ4v) is 3.26. The Hall–Kier alpha value is -0.980. The van der Waals surface area contributed by atoms with Crippen LogP contribution in [0.2, 0.25) is 5.02 Å². The van der Waals surface area contributed by atoms with Crippen molar-refractivity contribution in [3.63, 3.8) is 0 Å². The van der Waals surface area contributed by atoms with E-state index in [1.165, 1.54) is 6.26 Å². The lowest BCUT2D eigenvalue weighted by molar-refractivity contribution is 0.171. The average Bonchev–Trinajstić information content (AvgIpc) is 2.39. The predicted octanol–water partition coefficient (Wildman–Crippen LogP) is 1.80. The van der Waals surface area contributed by atoms with Crippen LogP contribution in [0.25, 0.3) is 0 Å². The van der Waals surface area contributed by atoms with E-state index in [4.69, 9.17) is 21.1 Å². The van der Waals surface area contributed by atoms with Gasteiger partial charge in [0.05, 0.1) is 11.3 Å². The molecule has 20 heavy (non-hydrogen) atoms. The molecule has 1 aliphatic heterocycles. The summed E-state index contributed by atoms with van der Waals surface area (Å²) >= 11 is 6.26. The Morgan fingerprint density at radius 2 is 1.80 bits per heavy atom. The molecule has 1 N–H and O–H groups in total. The van der Waals surface area contributed by atoms with Crippen molar-refractivity contribution in [2.75, 3.05) is 26.5 Å². The van der Waals surface area contributed by atoms with Crippen LogP contribution in [0.1, 0.15) is 18.5 Å². The first kappa shape index (κ1) is 15.4. The molecule has 2 rings (SSSR count). The van der Waals surface area contributed by atoms with Gasteiger partial charge in [0.15, 0.2) is 21.3 Å². The molecule has 7 heteroatoms. The summed E-state index contributed by atoms with van der Waals surface area (Å²) in [6.45, 7) is 2.61. The van der Waals surface area contributed by atoms with Gasteiger partial charge in [-0.2, -0.15) is 0 Å². The van der Waals surface area contributed by atoms with E-state index >= 15 is 0 Å². The largest absolute Gasteiger partial charge is 0.486 e. The van der Waals surface area contributed by atoms with Gasteiger partial charge in [0.1, 0.15) is 13.2 Å². The summed E-state index contributed by atoms with van der Waals surface area (Å²) in [4.78, 5) is 0. The van der Waals surface area contributed by atoms with Crippen molar-refractivity contribution in [2.24, 2.45) is 0 Å². The third-order valence-corrected chi connectivity index (χ3v) is 5.40. The lowest BCUT2D eigenvalue weighted by Crippen LogP contribution is -2.33. The van der Waals surface area contributed by atoms with Gasteiger partial charge < -0.3 is 14.8 Å². The topological polar surface area (TPSA) is 64.6 Å². The van der Waals surface area contributed by atoms with Crippen LogP contribution in [0.15, 0.2) is 12.1 Å². The lowest BCUT2D eigenvalue weighted by Gasteiger charge is -2.26. The zero-order valence-corrected chi connectivity index (χ0v) is 13.2. The monoisotopic (exact) mass is 319 g/mol. The standard InChI is InChI=1S/C13H18ClNO4S/c1-8(20(3,16)17)13(15-2)9-6-11-12(7-10(9)14)19-5-4-18-11/h6-8,13,15H,4-5H2,1-3H3. The maximum Gasteiger partial charge on any atom is 0.162 e. The quantitative estimate of drug-likeness (QED) is 0.917. The van der Waals surface area contributed by atoms with Crippen molar-refractivity contribution in [2.45, 2.75) is 18.2 Å². The van der Waals surface area contributed by atoms with Crippen molar-refractivity contribution < 1.29 is 17.9 Å². The molecule has 5 nitrogen and oxygen atoms in total. The summed E-state index contributed by atoms with van der Waals surface area (Å²) < 4.78 is 34.5. The number of benzene rings is 1. The zero-order valence-electron chi connectivity index (χ0n) is 11.6. The van der Waals surface area contributed by atoms with Crippen LogP contribution in [-0.2, 0) is 9.84 Å². The number of sulfone groups is 1. The van der Waals surface area contributed by atoms with E-state index in [0.29, 0.717) is 35.3 Å². The van der Waals surface area contributed by atoms with Crippen LogP contribution in [0, 0.1) is 0 Å². The molecule has 0 radical (unpaired) electrons. The first-order valence-corrected chi connectivity index (χ1v) is 8.63. The van der Waals surface area contributed by atoms with Gasteiger partial charge in [0.25, 0.3) is 0 Å². The molecule has 1 aromatic carbocycles. The Kier molecular flexibility index (Phi) is 4.46. The first-order valence-electron chi connectivity index (χ1n) is 6.29. The van der Waals surface area contributed by atoms with Gasteiger partial charge in [-0.1, -0.05) is 11.6 Å². The number of hydrogen-bond donors (Lipinski definition) is 1. The number of rotatable bonds is 4. The third-order valence-electron chi connectivity index (χ3n) is 3.45. The summed E-state index contributed by atoms with van der Waals surface area (Å²) in [6.07, 6.45) is 1.22. The van der Waals surface area contributed by atoms with E-state index in [1.807, 2.05) is 0 Å². The Morgan fingerprint density at radius 3 is 2.30 bits per heavy atom. The Bertz CT molecular complexity index is 603. The van der Waals surface area contributed by atoms with Crippen LogP contribution in [-0.4, -0.2) is 40.2 Å². The maximum atomic E-state index is 11.8. The van der Waals surface area contributed by atoms with Gasteiger partial charge in [-0.15, -0.1) is 0 Å². The number of nitrogens with one attached hydrogen (secondary N) is 1. The minimum Gasteiger partial charge on any atom is -0.486 e. The third kappa shape index (κ3) is 3.02. The highest BCUT2D eigenvalue weighted by Crippen LogP contribution is 2.39. The molecule has 2 atom stereocenters. The lowest BCUT2D eigenvalue weighted by atomic mass is 10.0. The van der Waals surface area contributed by atoms with E-state index < -0.39 is 21.1 Å². The minimum atomic E-state index is -3.19. The SMILES string of the molecule is CNC(c1cc2c(cc1Cl)OCCO2)C(C)S(C)(=O)=O. The van der Waals surface area contributed by atoms with Crippen LogP contribution < -0.4 is 14.8 Å². The molecule has 0 aromatic heterocycles. The Balaban J connectivity index is 2.44. The second kappa shape index (κ2) is 5.79. The number of hydrogen-bond acceptors (Lipinski definition) is 5. The summed E-state index contributed by atoms with van der Waals surface area (Å²) in [5.41, 5.74) is 0.691. The smallest absolute Gasteiger partial charge is 0.162 e. The molecule has 0 amide bonds. The molecule has 0 spiro atoms. The fraction of sp³-hybridized carbons (Fsp3) is 0.538. The van der Waals surface area contributed by atoms with Gasteiger partial charge in [0, 0.05) is 17.3 Å².